The molecule has 0 amide bonds. The van der Waals surface area contributed by atoms with Crippen LogP contribution in [0.15, 0.2) is 22.5 Å². The summed E-state index contributed by atoms with van der Waals surface area (Å²) in [7, 11) is -2.89. The van der Waals surface area contributed by atoms with E-state index in [1.807, 2.05) is 0 Å². The second kappa shape index (κ2) is 11.7. The number of nitrogens with one attached hydrogen (secondary N) is 2. The molecule has 1 aliphatic rings. The van der Waals surface area contributed by atoms with Crippen LogP contribution in [-0.4, -0.2) is 70.1 Å². The van der Waals surface area contributed by atoms with Gasteiger partial charge in [0.1, 0.15) is 9.84 Å². The van der Waals surface area contributed by atoms with E-state index in [4.69, 9.17) is 4.99 Å². The van der Waals surface area contributed by atoms with Gasteiger partial charge in [-0.05, 0) is 31.2 Å². The first-order chi connectivity index (χ1) is 12.7. The molecule has 1 aliphatic heterocycles. The summed E-state index contributed by atoms with van der Waals surface area (Å²) in [5.74, 6) is 1.12. The van der Waals surface area contributed by atoms with Crippen molar-refractivity contribution in [3.63, 3.8) is 0 Å². The van der Waals surface area contributed by atoms with Gasteiger partial charge in [0.15, 0.2) is 5.96 Å². The van der Waals surface area contributed by atoms with Crippen molar-refractivity contribution in [3.8, 4) is 0 Å². The van der Waals surface area contributed by atoms with Crippen LogP contribution in [-0.2, 0) is 15.3 Å². The van der Waals surface area contributed by atoms with Crippen molar-refractivity contribution >= 4 is 51.1 Å². The summed E-state index contributed by atoms with van der Waals surface area (Å²) in [5, 5.41) is 9.03. The zero-order chi connectivity index (χ0) is 19.9. The number of halogens is 1. The third kappa shape index (κ3) is 8.96. The van der Waals surface area contributed by atoms with Gasteiger partial charge in [-0.3, -0.25) is 4.99 Å². The van der Waals surface area contributed by atoms with E-state index in [0.717, 1.165) is 45.0 Å². The molecular formula is C19H35IN4O2S2. The molecule has 2 rings (SSSR count). The maximum absolute atomic E-state index is 11.3. The van der Waals surface area contributed by atoms with Crippen molar-refractivity contribution in [2.45, 2.75) is 45.1 Å². The number of rotatable bonds is 8. The molecule has 1 saturated heterocycles. The number of nitrogens with zero attached hydrogens (tertiary/aromatic N) is 2. The number of aliphatic imine (C=N–C) groups is 1. The van der Waals surface area contributed by atoms with Crippen molar-refractivity contribution in [2.75, 3.05) is 44.7 Å². The molecule has 0 bridgehead atoms. The molecule has 0 atom stereocenters. The topological polar surface area (TPSA) is 73.8 Å². The summed E-state index contributed by atoms with van der Waals surface area (Å²) in [4.78, 5) is 8.42. The van der Waals surface area contributed by atoms with E-state index in [9.17, 15) is 8.42 Å². The molecule has 0 unspecified atom stereocenters. The maximum atomic E-state index is 11.3. The third-order valence-electron chi connectivity index (χ3n) is 4.87. The SMILES string of the molecule is CCNC(=NCC(C)(C)c1cccs1)NC1CCN(CCS(C)(=O)=O)CC1.I. The van der Waals surface area contributed by atoms with Crippen LogP contribution in [0.2, 0.25) is 0 Å². The lowest BCUT2D eigenvalue weighted by atomic mass is 9.92. The fraction of sp³-hybridized carbons (Fsp3) is 0.737. The average Bonchev–Trinajstić information content (AvgIpc) is 3.14. The second-order valence-electron chi connectivity index (χ2n) is 7.95. The molecule has 0 radical (unpaired) electrons. The molecule has 1 aromatic rings. The van der Waals surface area contributed by atoms with Gasteiger partial charge in [-0.2, -0.15) is 0 Å². The molecule has 0 aliphatic carbocycles. The fourth-order valence-corrected chi connectivity index (χ4v) is 4.56. The zero-order valence-electron chi connectivity index (χ0n) is 17.4. The smallest absolute Gasteiger partial charge is 0.191 e. The average molecular weight is 543 g/mol. The molecule has 0 saturated carbocycles. The Balaban J connectivity index is 0.00000392. The van der Waals surface area contributed by atoms with Gasteiger partial charge >= 0.3 is 0 Å². The van der Waals surface area contributed by atoms with E-state index in [2.05, 4.69) is 53.8 Å². The number of likely N-dealkylation sites (tertiary alicyclic amines) is 1. The minimum Gasteiger partial charge on any atom is -0.357 e. The van der Waals surface area contributed by atoms with Crippen LogP contribution in [0.3, 0.4) is 0 Å². The Bertz CT molecular complexity index is 698. The van der Waals surface area contributed by atoms with Gasteiger partial charge in [-0.15, -0.1) is 35.3 Å². The third-order valence-corrected chi connectivity index (χ3v) is 7.03. The van der Waals surface area contributed by atoms with Crippen LogP contribution in [0.5, 0.6) is 0 Å². The zero-order valence-corrected chi connectivity index (χ0v) is 21.4. The quantitative estimate of drug-likeness (QED) is 0.300. The van der Waals surface area contributed by atoms with Crippen LogP contribution >= 0.6 is 35.3 Å². The predicted octanol–water partition coefficient (Wildman–Crippen LogP) is 2.71. The lowest BCUT2D eigenvalue weighted by Crippen LogP contribution is -2.49. The molecule has 0 aromatic carbocycles. The molecule has 6 nitrogen and oxygen atoms in total. The summed E-state index contributed by atoms with van der Waals surface area (Å²) >= 11 is 1.78. The van der Waals surface area contributed by atoms with Crippen LogP contribution in [0.4, 0.5) is 0 Å². The van der Waals surface area contributed by atoms with Crippen molar-refractivity contribution in [1.82, 2.24) is 15.5 Å². The normalized spacial score (nSPS) is 17.2. The Hall–Kier alpha value is -0.390. The standard InChI is InChI=1S/C19H34N4O2S2.HI/c1-5-20-18(21-15-19(2,3)17-7-6-13-26-17)22-16-8-10-23(11-9-16)12-14-27(4,24)25;/h6-7,13,16H,5,8-12,14-15H2,1-4H3,(H2,20,21,22);1H. The second-order valence-corrected chi connectivity index (χ2v) is 11.2. The van der Waals surface area contributed by atoms with E-state index in [1.54, 1.807) is 11.3 Å². The monoisotopic (exact) mass is 542 g/mol. The van der Waals surface area contributed by atoms with Gasteiger partial charge in [-0.1, -0.05) is 19.9 Å². The van der Waals surface area contributed by atoms with Crippen LogP contribution < -0.4 is 10.6 Å². The maximum Gasteiger partial charge on any atom is 0.191 e. The van der Waals surface area contributed by atoms with Gasteiger partial charge in [0, 0.05) is 48.8 Å². The van der Waals surface area contributed by atoms with E-state index in [0.29, 0.717) is 12.6 Å². The van der Waals surface area contributed by atoms with E-state index in [1.165, 1.54) is 11.1 Å². The highest BCUT2D eigenvalue weighted by Gasteiger charge is 2.23. The Morgan fingerprint density at radius 2 is 2.04 bits per heavy atom. The van der Waals surface area contributed by atoms with E-state index < -0.39 is 9.84 Å². The van der Waals surface area contributed by atoms with Crippen molar-refractivity contribution in [3.05, 3.63) is 22.4 Å². The van der Waals surface area contributed by atoms with Crippen LogP contribution in [0.25, 0.3) is 0 Å². The molecular weight excluding hydrogens is 507 g/mol. The Labute approximate surface area is 191 Å². The van der Waals surface area contributed by atoms with E-state index >= 15 is 0 Å². The molecule has 9 heteroatoms. The largest absolute Gasteiger partial charge is 0.357 e. The summed E-state index contributed by atoms with van der Waals surface area (Å²) < 4.78 is 22.7. The lowest BCUT2D eigenvalue weighted by molar-refractivity contribution is 0.216. The molecule has 162 valence electrons. The first-order valence-electron chi connectivity index (χ1n) is 9.68. The number of hydrogen-bond donors (Lipinski definition) is 2. The molecule has 2 heterocycles. The highest BCUT2D eigenvalue weighted by molar-refractivity contribution is 14.0. The van der Waals surface area contributed by atoms with Crippen molar-refractivity contribution < 1.29 is 8.42 Å². The molecule has 28 heavy (non-hydrogen) atoms. The minimum atomic E-state index is -2.89. The minimum absolute atomic E-state index is 0. The first kappa shape index (κ1) is 25.6. The highest BCUT2D eigenvalue weighted by Crippen LogP contribution is 2.27. The van der Waals surface area contributed by atoms with Gasteiger partial charge in [0.2, 0.25) is 0 Å². The number of guanidine groups is 1. The summed E-state index contributed by atoms with van der Waals surface area (Å²) in [6, 6.07) is 4.64. The van der Waals surface area contributed by atoms with Crippen molar-refractivity contribution in [2.24, 2.45) is 4.99 Å². The summed E-state index contributed by atoms with van der Waals surface area (Å²) in [6.45, 7) is 10.6. The van der Waals surface area contributed by atoms with Crippen LogP contribution in [0.1, 0.15) is 38.5 Å². The number of thiophene rings is 1. The molecule has 1 fully saturated rings. The van der Waals surface area contributed by atoms with E-state index in [-0.39, 0.29) is 35.1 Å². The fourth-order valence-electron chi connectivity index (χ4n) is 3.13. The van der Waals surface area contributed by atoms with Gasteiger partial charge in [0.25, 0.3) is 0 Å². The number of sulfone groups is 1. The molecule has 1 aromatic heterocycles. The van der Waals surface area contributed by atoms with Gasteiger partial charge in [0.05, 0.1) is 12.3 Å². The van der Waals surface area contributed by atoms with Crippen molar-refractivity contribution in [1.29, 1.82) is 0 Å². The van der Waals surface area contributed by atoms with Crippen LogP contribution in [0, 0.1) is 0 Å². The van der Waals surface area contributed by atoms with Gasteiger partial charge in [-0.25, -0.2) is 8.42 Å². The molecule has 2 N–H and O–H groups in total. The van der Waals surface area contributed by atoms with Gasteiger partial charge < -0.3 is 15.5 Å². The Morgan fingerprint density at radius 3 is 2.57 bits per heavy atom. The Kier molecular flexibility index (Phi) is 10.7. The number of piperidine rings is 1. The Morgan fingerprint density at radius 1 is 1.36 bits per heavy atom. The lowest BCUT2D eigenvalue weighted by Gasteiger charge is -2.33. The summed E-state index contributed by atoms with van der Waals surface area (Å²) in [6.07, 6.45) is 3.31. The molecule has 0 spiro atoms. The highest BCUT2D eigenvalue weighted by atomic mass is 127. The first-order valence-corrected chi connectivity index (χ1v) is 12.6. The summed E-state index contributed by atoms with van der Waals surface area (Å²) in [5.41, 5.74) is 0.0194. The predicted molar refractivity (Wildman–Crippen MR) is 131 cm³/mol. The number of hydrogen-bond acceptors (Lipinski definition) is 5.